The maximum absolute atomic E-state index is 13.2. The first-order chi connectivity index (χ1) is 14.0. The molecule has 5 heteroatoms. The molecule has 1 fully saturated rings. The summed E-state index contributed by atoms with van der Waals surface area (Å²) in [5.41, 5.74) is 3.20. The summed E-state index contributed by atoms with van der Waals surface area (Å²) < 4.78 is 8.50. The number of hydrogen-bond donors (Lipinski definition) is 0. The molecule has 1 amide bonds. The van der Waals surface area contributed by atoms with Gasteiger partial charge >= 0.3 is 0 Å². The molecule has 1 saturated heterocycles. The summed E-state index contributed by atoms with van der Waals surface area (Å²) in [6.45, 7) is 0. The van der Waals surface area contributed by atoms with Crippen molar-refractivity contribution in [1.82, 2.24) is 4.90 Å². The molecule has 3 nitrogen and oxygen atoms in total. The van der Waals surface area contributed by atoms with Crippen LogP contribution in [0.5, 0.6) is 0 Å². The Balaban J connectivity index is 1.71. The molecule has 0 aromatic heterocycles. The van der Waals surface area contributed by atoms with E-state index in [4.69, 9.17) is 4.74 Å². The molecule has 4 rings (SSSR count). The Morgan fingerprint density at radius 2 is 1.38 bits per heavy atom. The highest BCUT2D eigenvalue weighted by atomic mass is 79.9. The molecule has 0 spiro atoms. The van der Waals surface area contributed by atoms with Crippen molar-refractivity contribution >= 4 is 37.8 Å². The van der Waals surface area contributed by atoms with Crippen LogP contribution in [0.3, 0.4) is 0 Å². The van der Waals surface area contributed by atoms with Gasteiger partial charge in [-0.1, -0.05) is 86.5 Å². The summed E-state index contributed by atoms with van der Waals surface area (Å²) >= 11 is 7.00. The van der Waals surface area contributed by atoms with Gasteiger partial charge in [0.1, 0.15) is 12.2 Å². The Morgan fingerprint density at radius 1 is 0.828 bits per heavy atom. The largest absolute Gasteiger partial charge is 0.358 e. The van der Waals surface area contributed by atoms with Crippen LogP contribution in [0.1, 0.15) is 28.8 Å². The van der Waals surface area contributed by atoms with Gasteiger partial charge in [-0.2, -0.15) is 0 Å². The van der Waals surface area contributed by atoms with Gasteiger partial charge in [0.2, 0.25) is 0 Å². The number of rotatable bonds is 4. The lowest BCUT2D eigenvalue weighted by atomic mass is 9.91. The van der Waals surface area contributed by atoms with Gasteiger partial charge in [-0.25, -0.2) is 0 Å². The Labute approximate surface area is 187 Å². The molecule has 1 heterocycles. The number of halogens is 2. The summed E-state index contributed by atoms with van der Waals surface area (Å²) in [5.74, 6) is 0.00938. The number of amides is 1. The highest BCUT2D eigenvalue weighted by Crippen LogP contribution is 2.42. The average molecular weight is 515 g/mol. The summed E-state index contributed by atoms with van der Waals surface area (Å²) in [6.07, 6.45) is -0.201. The molecule has 0 radical (unpaired) electrons. The molecule has 148 valence electrons. The molecule has 29 heavy (non-hydrogen) atoms. The average Bonchev–Trinajstić information content (AvgIpc) is 2.74. The molecule has 0 N–H and O–H groups in total. The fourth-order valence-corrected chi connectivity index (χ4v) is 4.34. The van der Waals surface area contributed by atoms with Crippen LogP contribution in [0.15, 0.2) is 87.8 Å². The third-order valence-corrected chi connectivity index (χ3v) is 6.37. The zero-order valence-electron chi connectivity index (χ0n) is 16.0. The Hall–Kier alpha value is -1.95. The van der Waals surface area contributed by atoms with Gasteiger partial charge in [-0.15, -0.1) is 0 Å². The number of likely N-dealkylation sites (N-methyl/N-ethyl adjacent to an activating group) is 1. The van der Waals surface area contributed by atoms with Gasteiger partial charge in [0.05, 0.1) is 6.04 Å². The minimum Gasteiger partial charge on any atom is -0.358 e. The zero-order valence-corrected chi connectivity index (χ0v) is 19.1. The van der Waals surface area contributed by atoms with E-state index >= 15 is 0 Å². The second-order valence-electron chi connectivity index (χ2n) is 7.23. The summed E-state index contributed by atoms with van der Waals surface area (Å²) in [4.78, 5) is 15.0. The van der Waals surface area contributed by atoms with Gasteiger partial charge in [0.25, 0.3) is 5.91 Å². The number of carbonyl (C=O) groups is 1. The first-order valence-corrected chi connectivity index (χ1v) is 11.1. The van der Waals surface area contributed by atoms with E-state index in [1.54, 1.807) is 0 Å². The van der Waals surface area contributed by atoms with E-state index in [1.165, 1.54) is 0 Å². The maximum atomic E-state index is 13.2. The van der Waals surface area contributed by atoms with Crippen LogP contribution in [0, 0.1) is 0 Å². The van der Waals surface area contributed by atoms with Crippen LogP contribution >= 0.6 is 31.9 Å². The van der Waals surface area contributed by atoms with Crippen molar-refractivity contribution in [2.75, 3.05) is 7.05 Å². The lowest BCUT2D eigenvalue weighted by Gasteiger charge is -2.43. The highest BCUT2D eigenvalue weighted by molar-refractivity contribution is 9.10. The van der Waals surface area contributed by atoms with Crippen molar-refractivity contribution in [1.29, 1.82) is 0 Å². The SMILES string of the molecule is CN1C(=O)[C@@H](Cc2ccccc2)O[C@H](c2ccc(Br)cc2)[C@@H]1c1ccc(Br)cc1. The number of benzene rings is 3. The molecule has 0 bridgehead atoms. The topological polar surface area (TPSA) is 29.5 Å². The molecule has 1 aliphatic heterocycles. The summed E-state index contributed by atoms with van der Waals surface area (Å²) in [6, 6.07) is 26.1. The molecule has 1 aliphatic rings. The number of morpholine rings is 1. The minimum absolute atomic E-state index is 0.00938. The second kappa shape index (κ2) is 8.82. The van der Waals surface area contributed by atoms with Gasteiger partial charge in [-0.05, 0) is 41.0 Å². The maximum Gasteiger partial charge on any atom is 0.252 e. The first-order valence-electron chi connectivity index (χ1n) is 9.50. The highest BCUT2D eigenvalue weighted by Gasteiger charge is 2.42. The van der Waals surface area contributed by atoms with E-state index in [0.717, 1.165) is 25.6 Å². The van der Waals surface area contributed by atoms with Crippen LogP contribution in [0.25, 0.3) is 0 Å². The number of nitrogens with zero attached hydrogens (tertiary/aromatic N) is 1. The third-order valence-electron chi connectivity index (χ3n) is 5.31. The molecule has 3 aromatic rings. The van der Waals surface area contributed by atoms with Gasteiger partial charge in [-0.3, -0.25) is 4.79 Å². The Morgan fingerprint density at radius 3 is 1.97 bits per heavy atom. The minimum atomic E-state index is -0.511. The Kier molecular flexibility index (Phi) is 6.18. The van der Waals surface area contributed by atoms with Crippen LogP contribution in [0.2, 0.25) is 0 Å². The number of hydrogen-bond acceptors (Lipinski definition) is 2. The van der Waals surface area contributed by atoms with E-state index in [-0.39, 0.29) is 18.1 Å². The molecule has 0 aliphatic carbocycles. The van der Waals surface area contributed by atoms with Crippen molar-refractivity contribution < 1.29 is 9.53 Å². The molecule has 3 aromatic carbocycles. The summed E-state index contributed by atoms with van der Waals surface area (Å²) in [5, 5.41) is 0. The smallest absolute Gasteiger partial charge is 0.252 e. The van der Waals surface area contributed by atoms with E-state index in [0.29, 0.717) is 6.42 Å². The van der Waals surface area contributed by atoms with E-state index in [9.17, 15) is 4.79 Å². The normalized spacial score (nSPS) is 22.0. The second-order valence-corrected chi connectivity index (χ2v) is 9.06. The zero-order chi connectivity index (χ0) is 20.4. The van der Waals surface area contributed by atoms with Crippen molar-refractivity contribution in [3.63, 3.8) is 0 Å². The third kappa shape index (κ3) is 4.47. The van der Waals surface area contributed by atoms with Crippen molar-refractivity contribution in [3.8, 4) is 0 Å². The quantitative estimate of drug-likeness (QED) is 0.421. The monoisotopic (exact) mass is 513 g/mol. The molecular weight excluding hydrogens is 494 g/mol. The van der Waals surface area contributed by atoms with E-state index in [1.807, 2.05) is 78.7 Å². The number of ether oxygens (including phenoxy) is 1. The molecule has 0 saturated carbocycles. The van der Waals surface area contributed by atoms with Crippen molar-refractivity contribution in [3.05, 3.63) is 104 Å². The lowest BCUT2D eigenvalue weighted by Crippen LogP contribution is -2.49. The predicted octanol–water partition coefficient (Wildman–Crippen LogP) is 6.09. The van der Waals surface area contributed by atoms with E-state index < -0.39 is 6.10 Å². The van der Waals surface area contributed by atoms with Crippen LogP contribution in [-0.2, 0) is 16.0 Å². The van der Waals surface area contributed by atoms with Crippen molar-refractivity contribution in [2.45, 2.75) is 24.7 Å². The number of carbonyl (C=O) groups excluding carboxylic acids is 1. The Bertz CT molecular complexity index is 974. The molecule has 3 atom stereocenters. The standard InChI is InChI=1S/C24H21Br2NO2/c1-27-22(17-7-11-19(25)12-8-17)23(18-9-13-20(26)14-10-18)29-21(24(27)28)15-16-5-3-2-4-6-16/h2-14,21-23H,15H2,1H3/t21-,22+,23-/m1/s1. The predicted molar refractivity (Wildman–Crippen MR) is 122 cm³/mol. The van der Waals surface area contributed by atoms with Gasteiger partial charge < -0.3 is 9.64 Å². The first kappa shape index (κ1) is 20.3. The fourth-order valence-electron chi connectivity index (χ4n) is 3.81. The van der Waals surface area contributed by atoms with Crippen LogP contribution in [-0.4, -0.2) is 24.0 Å². The fraction of sp³-hybridized carbons (Fsp3) is 0.208. The van der Waals surface area contributed by atoms with Gasteiger partial charge in [0, 0.05) is 22.4 Å². The van der Waals surface area contributed by atoms with Crippen LogP contribution in [0.4, 0.5) is 0 Å². The molecule has 0 unspecified atom stereocenters. The lowest BCUT2D eigenvalue weighted by molar-refractivity contribution is -0.171. The summed E-state index contributed by atoms with van der Waals surface area (Å²) in [7, 11) is 1.88. The van der Waals surface area contributed by atoms with Crippen LogP contribution < -0.4 is 0 Å². The van der Waals surface area contributed by atoms with Crippen molar-refractivity contribution in [2.24, 2.45) is 0 Å². The molecular formula is C24H21Br2NO2. The van der Waals surface area contributed by atoms with Gasteiger partial charge in [0.15, 0.2) is 0 Å². The van der Waals surface area contributed by atoms with E-state index in [2.05, 4.69) is 44.0 Å².